The van der Waals surface area contributed by atoms with E-state index in [0.29, 0.717) is 35.9 Å². The van der Waals surface area contributed by atoms with Gasteiger partial charge in [0.25, 0.3) is 5.56 Å². The highest BCUT2D eigenvalue weighted by atomic mass is 16.5. The van der Waals surface area contributed by atoms with E-state index in [1.54, 1.807) is 7.11 Å². The molecular formula is C14H15N3O3. The van der Waals surface area contributed by atoms with Gasteiger partial charge in [-0.3, -0.25) is 4.79 Å². The molecule has 2 aromatic rings. The van der Waals surface area contributed by atoms with Crippen molar-refractivity contribution < 1.29 is 9.47 Å². The smallest absolute Gasteiger partial charge is 0.256 e. The summed E-state index contributed by atoms with van der Waals surface area (Å²) >= 11 is 0. The zero-order chi connectivity index (χ0) is 14.1. The van der Waals surface area contributed by atoms with Crippen LogP contribution in [0.3, 0.4) is 0 Å². The molecule has 0 spiro atoms. The van der Waals surface area contributed by atoms with E-state index in [1.807, 2.05) is 19.1 Å². The normalized spacial score (nSPS) is 12.1. The molecule has 0 unspecified atom stereocenters. The van der Waals surface area contributed by atoms with Gasteiger partial charge >= 0.3 is 0 Å². The van der Waals surface area contributed by atoms with Crippen molar-refractivity contribution in [3.05, 3.63) is 39.9 Å². The Morgan fingerprint density at radius 3 is 2.95 bits per heavy atom. The molecule has 6 heteroatoms. The summed E-state index contributed by atoms with van der Waals surface area (Å²) in [5, 5.41) is 3.16. The fraction of sp³-hybridized carbons (Fsp3) is 0.286. The van der Waals surface area contributed by atoms with Gasteiger partial charge in [-0.15, -0.1) is 0 Å². The molecule has 2 heterocycles. The standard InChI is InChI=1S/C14H15N3O3/c1-3-20-12-6-10-8(5-11(12)19-2)4-9-13(17-10)15-7-16-14(9)18/h5-7H,3-4H2,1-2H3,(H2,15,16,17,18). The van der Waals surface area contributed by atoms with E-state index in [2.05, 4.69) is 15.3 Å². The molecule has 0 saturated heterocycles. The number of aromatic amines is 1. The number of methoxy groups -OCH3 is 1. The van der Waals surface area contributed by atoms with Crippen LogP contribution in [0.2, 0.25) is 0 Å². The van der Waals surface area contributed by atoms with Crippen molar-refractivity contribution in [2.75, 3.05) is 19.0 Å². The van der Waals surface area contributed by atoms with Gasteiger partial charge in [0.2, 0.25) is 0 Å². The number of rotatable bonds is 3. The Morgan fingerprint density at radius 2 is 2.20 bits per heavy atom. The number of hydrogen-bond donors (Lipinski definition) is 2. The van der Waals surface area contributed by atoms with E-state index >= 15 is 0 Å². The summed E-state index contributed by atoms with van der Waals surface area (Å²) < 4.78 is 10.9. The van der Waals surface area contributed by atoms with E-state index in [4.69, 9.17) is 9.47 Å². The molecule has 6 nitrogen and oxygen atoms in total. The van der Waals surface area contributed by atoms with Crippen molar-refractivity contribution in [1.29, 1.82) is 0 Å². The summed E-state index contributed by atoms with van der Waals surface area (Å²) in [6, 6.07) is 3.77. The maximum absolute atomic E-state index is 11.8. The van der Waals surface area contributed by atoms with Gasteiger partial charge in [-0.25, -0.2) is 4.98 Å². The van der Waals surface area contributed by atoms with Crippen LogP contribution in [0.15, 0.2) is 23.3 Å². The molecule has 1 aromatic carbocycles. The van der Waals surface area contributed by atoms with E-state index < -0.39 is 0 Å². The van der Waals surface area contributed by atoms with Crippen LogP contribution in [0.5, 0.6) is 11.5 Å². The third-order valence-electron chi connectivity index (χ3n) is 3.26. The molecule has 0 radical (unpaired) electrons. The zero-order valence-electron chi connectivity index (χ0n) is 11.3. The Bertz CT molecular complexity index is 709. The van der Waals surface area contributed by atoms with Gasteiger partial charge in [-0.05, 0) is 18.6 Å². The number of nitrogens with one attached hydrogen (secondary N) is 2. The van der Waals surface area contributed by atoms with Crippen LogP contribution >= 0.6 is 0 Å². The molecule has 1 aliphatic rings. The SMILES string of the molecule is CCOc1cc2c(cc1OC)Cc1c(nc[nH]c1=O)N2. The molecule has 3 rings (SSSR count). The minimum atomic E-state index is -0.124. The number of fused-ring (bicyclic) bond motifs is 2. The lowest BCUT2D eigenvalue weighted by Gasteiger charge is -2.21. The molecule has 0 aliphatic carbocycles. The number of H-pyrrole nitrogens is 1. The van der Waals surface area contributed by atoms with E-state index in [-0.39, 0.29) is 5.56 Å². The summed E-state index contributed by atoms with van der Waals surface area (Å²) in [6.07, 6.45) is 1.91. The second kappa shape index (κ2) is 4.88. The van der Waals surface area contributed by atoms with Crippen LogP contribution in [0.25, 0.3) is 0 Å². The van der Waals surface area contributed by atoms with Crippen molar-refractivity contribution in [3.8, 4) is 11.5 Å². The van der Waals surface area contributed by atoms with Crippen LogP contribution in [0, 0.1) is 0 Å². The minimum Gasteiger partial charge on any atom is -0.493 e. The molecule has 20 heavy (non-hydrogen) atoms. The largest absolute Gasteiger partial charge is 0.493 e. The first kappa shape index (κ1) is 12.5. The molecule has 0 bridgehead atoms. The molecule has 0 amide bonds. The monoisotopic (exact) mass is 273 g/mol. The van der Waals surface area contributed by atoms with Crippen LogP contribution in [-0.4, -0.2) is 23.7 Å². The maximum Gasteiger partial charge on any atom is 0.256 e. The molecule has 0 atom stereocenters. The highest BCUT2D eigenvalue weighted by Gasteiger charge is 2.21. The Kier molecular flexibility index (Phi) is 3.06. The Morgan fingerprint density at radius 1 is 1.35 bits per heavy atom. The molecule has 1 aromatic heterocycles. The maximum atomic E-state index is 11.8. The van der Waals surface area contributed by atoms with Crippen LogP contribution in [-0.2, 0) is 6.42 Å². The highest BCUT2D eigenvalue weighted by Crippen LogP contribution is 2.38. The number of anilines is 2. The summed E-state index contributed by atoms with van der Waals surface area (Å²) in [5.74, 6) is 1.93. The van der Waals surface area contributed by atoms with Gasteiger partial charge in [-0.1, -0.05) is 0 Å². The summed E-state index contributed by atoms with van der Waals surface area (Å²) in [6.45, 7) is 2.48. The Hall–Kier alpha value is -2.50. The third kappa shape index (κ3) is 1.99. The predicted octanol–water partition coefficient (Wildman–Crippen LogP) is 1.82. The van der Waals surface area contributed by atoms with Crippen molar-refractivity contribution in [1.82, 2.24) is 9.97 Å². The first-order valence-corrected chi connectivity index (χ1v) is 6.40. The van der Waals surface area contributed by atoms with Crippen molar-refractivity contribution >= 4 is 11.5 Å². The van der Waals surface area contributed by atoms with Gasteiger partial charge in [0, 0.05) is 18.2 Å². The number of hydrogen-bond acceptors (Lipinski definition) is 5. The number of nitrogens with zero attached hydrogens (tertiary/aromatic N) is 1. The van der Waals surface area contributed by atoms with Gasteiger partial charge in [0.05, 0.1) is 25.6 Å². The quantitative estimate of drug-likeness (QED) is 0.761. The lowest BCUT2D eigenvalue weighted by molar-refractivity contribution is 0.311. The molecule has 0 fully saturated rings. The predicted molar refractivity (Wildman–Crippen MR) is 75.1 cm³/mol. The first-order valence-electron chi connectivity index (χ1n) is 6.40. The van der Waals surface area contributed by atoms with E-state index in [1.165, 1.54) is 6.33 Å². The van der Waals surface area contributed by atoms with Crippen molar-refractivity contribution in [2.45, 2.75) is 13.3 Å². The van der Waals surface area contributed by atoms with Gasteiger partial charge in [0.1, 0.15) is 5.82 Å². The molecule has 2 N–H and O–H groups in total. The fourth-order valence-corrected chi connectivity index (χ4v) is 2.31. The Labute approximate surface area is 115 Å². The lowest BCUT2D eigenvalue weighted by Crippen LogP contribution is -2.20. The summed E-state index contributed by atoms with van der Waals surface area (Å²) in [4.78, 5) is 18.6. The van der Waals surface area contributed by atoms with Crippen LogP contribution in [0.4, 0.5) is 11.5 Å². The lowest BCUT2D eigenvalue weighted by atomic mass is 10.00. The third-order valence-corrected chi connectivity index (χ3v) is 3.26. The molecule has 1 aliphatic heterocycles. The topological polar surface area (TPSA) is 76.2 Å². The average molecular weight is 273 g/mol. The average Bonchev–Trinajstić information content (AvgIpc) is 2.46. The van der Waals surface area contributed by atoms with Gasteiger partial charge < -0.3 is 19.8 Å². The second-order valence-corrected chi connectivity index (χ2v) is 4.45. The first-order chi connectivity index (χ1) is 9.72. The minimum absolute atomic E-state index is 0.124. The zero-order valence-corrected chi connectivity index (χ0v) is 11.3. The number of benzene rings is 1. The van der Waals surface area contributed by atoms with Gasteiger partial charge in [0.15, 0.2) is 11.5 Å². The van der Waals surface area contributed by atoms with Gasteiger partial charge in [-0.2, -0.15) is 0 Å². The summed E-state index contributed by atoms with van der Waals surface area (Å²) in [7, 11) is 1.60. The molecular weight excluding hydrogens is 258 g/mol. The van der Waals surface area contributed by atoms with E-state index in [9.17, 15) is 4.79 Å². The molecule has 0 saturated carbocycles. The number of ether oxygens (including phenoxy) is 2. The van der Waals surface area contributed by atoms with Crippen LogP contribution in [0.1, 0.15) is 18.1 Å². The van der Waals surface area contributed by atoms with Crippen molar-refractivity contribution in [3.63, 3.8) is 0 Å². The number of aromatic nitrogens is 2. The Balaban J connectivity index is 2.08. The second-order valence-electron chi connectivity index (χ2n) is 4.45. The summed E-state index contributed by atoms with van der Waals surface area (Å²) in [5.41, 5.74) is 2.38. The van der Waals surface area contributed by atoms with Crippen molar-refractivity contribution in [2.24, 2.45) is 0 Å². The highest BCUT2D eigenvalue weighted by molar-refractivity contribution is 5.71. The van der Waals surface area contributed by atoms with Crippen LogP contribution < -0.4 is 20.3 Å². The van der Waals surface area contributed by atoms with E-state index in [0.717, 1.165) is 11.3 Å². The fourth-order valence-electron chi connectivity index (χ4n) is 2.31. The molecule has 104 valence electrons.